The van der Waals surface area contributed by atoms with Gasteiger partial charge in [0.05, 0.1) is 12.5 Å². The Balaban J connectivity index is 2.41. The van der Waals surface area contributed by atoms with Crippen LogP contribution in [0.2, 0.25) is 0 Å². The average Bonchev–Trinajstić information content (AvgIpc) is 2.19. The second kappa shape index (κ2) is 5.51. The maximum Gasteiger partial charge on any atom is 0.224 e. The molecular weight excluding hydrogens is 190 g/mol. The first-order valence-electron chi connectivity index (χ1n) is 5.08. The number of nitrogens with one attached hydrogen (secondary N) is 1. The van der Waals surface area contributed by atoms with E-state index in [9.17, 15) is 4.79 Å². The van der Waals surface area contributed by atoms with E-state index < -0.39 is 6.10 Å². The minimum Gasteiger partial charge on any atom is -0.392 e. The van der Waals surface area contributed by atoms with Crippen molar-refractivity contribution in [3.63, 3.8) is 0 Å². The lowest BCUT2D eigenvalue weighted by Gasteiger charge is -2.07. The monoisotopic (exact) mass is 207 g/mol. The van der Waals surface area contributed by atoms with Crippen LogP contribution in [0, 0.1) is 6.92 Å². The average molecular weight is 207 g/mol. The van der Waals surface area contributed by atoms with Crippen LogP contribution in [-0.4, -0.2) is 23.7 Å². The second-order valence-electron chi connectivity index (χ2n) is 3.82. The van der Waals surface area contributed by atoms with Gasteiger partial charge in [-0.1, -0.05) is 29.8 Å². The highest BCUT2D eigenvalue weighted by molar-refractivity contribution is 5.78. The molecule has 1 aromatic rings. The van der Waals surface area contributed by atoms with Gasteiger partial charge >= 0.3 is 0 Å². The Morgan fingerprint density at radius 3 is 2.53 bits per heavy atom. The Hall–Kier alpha value is -1.35. The number of hydrogen-bond acceptors (Lipinski definition) is 2. The van der Waals surface area contributed by atoms with Crippen LogP contribution in [0.25, 0.3) is 0 Å². The van der Waals surface area contributed by atoms with Gasteiger partial charge in [0.25, 0.3) is 0 Å². The summed E-state index contributed by atoms with van der Waals surface area (Å²) in [6.45, 7) is 3.97. The Morgan fingerprint density at radius 2 is 2.00 bits per heavy atom. The zero-order chi connectivity index (χ0) is 11.3. The van der Waals surface area contributed by atoms with Crippen LogP contribution in [0.4, 0.5) is 0 Å². The second-order valence-corrected chi connectivity index (χ2v) is 3.82. The van der Waals surface area contributed by atoms with Crippen molar-refractivity contribution in [2.45, 2.75) is 26.4 Å². The van der Waals surface area contributed by atoms with Crippen molar-refractivity contribution in [2.75, 3.05) is 6.54 Å². The summed E-state index contributed by atoms with van der Waals surface area (Å²) in [6, 6.07) is 7.85. The van der Waals surface area contributed by atoms with Crippen molar-refractivity contribution in [1.29, 1.82) is 0 Å². The first-order valence-corrected chi connectivity index (χ1v) is 5.08. The number of benzene rings is 1. The van der Waals surface area contributed by atoms with Gasteiger partial charge in [-0.25, -0.2) is 0 Å². The van der Waals surface area contributed by atoms with Crippen molar-refractivity contribution in [2.24, 2.45) is 0 Å². The van der Waals surface area contributed by atoms with Crippen LogP contribution in [0.1, 0.15) is 18.1 Å². The molecule has 0 saturated carbocycles. The van der Waals surface area contributed by atoms with Crippen LogP contribution in [-0.2, 0) is 11.2 Å². The quantitative estimate of drug-likeness (QED) is 0.775. The number of carbonyl (C=O) groups is 1. The molecular formula is C12H17NO2. The fraction of sp³-hybridized carbons (Fsp3) is 0.417. The standard InChI is InChI=1S/C12H17NO2/c1-9-3-5-11(6-4-9)7-12(15)13-8-10(2)14/h3-6,10,14H,7-8H2,1-2H3,(H,13,15). The van der Waals surface area contributed by atoms with Gasteiger partial charge in [0, 0.05) is 6.54 Å². The van der Waals surface area contributed by atoms with Crippen LogP contribution in [0.5, 0.6) is 0 Å². The van der Waals surface area contributed by atoms with Gasteiger partial charge in [-0.05, 0) is 19.4 Å². The molecule has 1 unspecified atom stereocenters. The third-order valence-electron chi connectivity index (χ3n) is 2.08. The molecule has 0 aliphatic heterocycles. The molecule has 1 rings (SSSR count). The van der Waals surface area contributed by atoms with E-state index in [1.54, 1.807) is 6.92 Å². The highest BCUT2D eigenvalue weighted by Crippen LogP contribution is 2.03. The molecule has 0 aliphatic carbocycles. The maximum absolute atomic E-state index is 11.4. The first kappa shape index (κ1) is 11.7. The lowest BCUT2D eigenvalue weighted by atomic mass is 10.1. The highest BCUT2D eigenvalue weighted by Gasteiger charge is 2.03. The summed E-state index contributed by atoms with van der Waals surface area (Å²) in [4.78, 5) is 11.4. The molecule has 2 N–H and O–H groups in total. The molecule has 82 valence electrons. The van der Waals surface area contributed by atoms with Gasteiger partial charge in [-0.15, -0.1) is 0 Å². The molecule has 0 heterocycles. The third kappa shape index (κ3) is 4.61. The molecule has 1 amide bonds. The molecule has 0 aromatic heterocycles. The van der Waals surface area contributed by atoms with E-state index in [0.29, 0.717) is 13.0 Å². The zero-order valence-corrected chi connectivity index (χ0v) is 9.16. The summed E-state index contributed by atoms with van der Waals surface area (Å²) < 4.78 is 0. The Kier molecular flexibility index (Phi) is 4.31. The molecule has 0 saturated heterocycles. The fourth-order valence-electron chi connectivity index (χ4n) is 1.22. The molecule has 15 heavy (non-hydrogen) atoms. The van der Waals surface area contributed by atoms with E-state index in [1.807, 2.05) is 31.2 Å². The number of aryl methyl sites for hydroxylation is 1. The van der Waals surface area contributed by atoms with Crippen molar-refractivity contribution in [3.8, 4) is 0 Å². The van der Waals surface area contributed by atoms with Crippen LogP contribution in [0.3, 0.4) is 0 Å². The Morgan fingerprint density at radius 1 is 1.40 bits per heavy atom. The molecule has 1 atom stereocenters. The molecule has 1 aromatic carbocycles. The van der Waals surface area contributed by atoms with Gasteiger partial charge in [-0.3, -0.25) is 4.79 Å². The SMILES string of the molecule is Cc1ccc(CC(=O)NCC(C)O)cc1. The van der Waals surface area contributed by atoms with Gasteiger partial charge in [-0.2, -0.15) is 0 Å². The predicted molar refractivity (Wildman–Crippen MR) is 59.6 cm³/mol. The number of carbonyl (C=O) groups excluding carboxylic acids is 1. The van der Waals surface area contributed by atoms with Crippen molar-refractivity contribution >= 4 is 5.91 Å². The van der Waals surface area contributed by atoms with E-state index in [0.717, 1.165) is 5.56 Å². The number of aliphatic hydroxyl groups is 1. The Bertz CT molecular complexity index is 317. The molecule has 0 spiro atoms. The van der Waals surface area contributed by atoms with Gasteiger partial charge in [0.15, 0.2) is 0 Å². The number of rotatable bonds is 4. The molecule has 0 radical (unpaired) electrons. The fourth-order valence-corrected chi connectivity index (χ4v) is 1.22. The van der Waals surface area contributed by atoms with E-state index in [-0.39, 0.29) is 5.91 Å². The number of hydrogen-bond donors (Lipinski definition) is 2. The van der Waals surface area contributed by atoms with E-state index in [4.69, 9.17) is 5.11 Å². The summed E-state index contributed by atoms with van der Waals surface area (Å²) in [6.07, 6.45) is -0.125. The number of aliphatic hydroxyl groups excluding tert-OH is 1. The van der Waals surface area contributed by atoms with E-state index >= 15 is 0 Å². The maximum atomic E-state index is 11.4. The zero-order valence-electron chi connectivity index (χ0n) is 9.16. The van der Waals surface area contributed by atoms with E-state index in [2.05, 4.69) is 5.32 Å². The normalized spacial score (nSPS) is 12.2. The smallest absolute Gasteiger partial charge is 0.224 e. The molecule has 0 fully saturated rings. The topological polar surface area (TPSA) is 49.3 Å². The van der Waals surface area contributed by atoms with Crippen molar-refractivity contribution in [3.05, 3.63) is 35.4 Å². The molecule has 3 heteroatoms. The first-order chi connectivity index (χ1) is 7.08. The van der Waals surface area contributed by atoms with E-state index in [1.165, 1.54) is 5.56 Å². The molecule has 0 aliphatic rings. The Labute approximate surface area is 90.1 Å². The van der Waals surface area contributed by atoms with Gasteiger partial charge in [0.1, 0.15) is 0 Å². The number of amides is 1. The minimum absolute atomic E-state index is 0.0558. The van der Waals surface area contributed by atoms with Gasteiger partial charge in [0.2, 0.25) is 5.91 Å². The van der Waals surface area contributed by atoms with Crippen molar-refractivity contribution < 1.29 is 9.90 Å². The largest absolute Gasteiger partial charge is 0.392 e. The molecule has 0 bridgehead atoms. The summed E-state index contributed by atoms with van der Waals surface area (Å²) in [5, 5.41) is 11.6. The van der Waals surface area contributed by atoms with Crippen molar-refractivity contribution in [1.82, 2.24) is 5.32 Å². The minimum atomic E-state index is -0.494. The van der Waals surface area contributed by atoms with Crippen LogP contribution < -0.4 is 5.32 Å². The predicted octanol–water partition coefficient (Wildman–Crippen LogP) is 1.03. The summed E-state index contributed by atoms with van der Waals surface area (Å²) in [5.41, 5.74) is 2.17. The summed E-state index contributed by atoms with van der Waals surface area (Å²) in [5.74, 6) is -0.0558. The molecule has 3 nitrogen and oxygen atoms in total. The highest BCUT2D eigenvalue weighted by atomic mass is 16.3. The lowest BCUT2D eigenvalue weighted by Crippen LogP contribution is -2.31. The summed E-state index contributed by atoms with van der Waals surface area (Å²) in [7, 11) is 0. The van der Waals surface area contributed by atoms with Crippen LogP contribution in [0.15, 0.2) is 24.3 Å². The lowest BCUT2D eigenvalue weighted by molar-refractivity contribution is -0.120. The van der Waals surface area contributed by atoms with Crippen LogP contribution >= 0.6 is 0 Å². The van der Waals surface area contributed by atoms with Gasteiger partial charge < -0.3 is 10.4 Å². The third-order valence-corrected chi connectivity index (χ3v) is 2.08. The summed E-state index contributed by atoms with van der Waals surface area (Å²) >= 11 is 0.